The zero-order valence-corrected chi connectivity index (χ0v) is 9.10. The van der Waals surface area contributed by atoms with Crippen molar-refractivity contribution in [1.82, 2.24) is 0 Å². The number of rotatable bonds is 3. The Hall–Kier alpha value is -0.800. The van der Waals surface area contributed by atoms with Gasteiger partial charge in [0.25, 0.3) is 0 Å². The van der Waals surface area contributed by atoms with E-state index in [1.165, 1.54) is 0 Å². The van der Waals surface area contributed by atoms with Crippen molar-refractivity contribution < 1.29 is 4.74 Å². The summed E-state index contributed by atoms with van der Waals surface area (Å²) in [5.41, 5.74) is 7.41. The van der Waals surface area contributed by atoms with Crippen molar-refractivity contribution in [3.63, 3.8) is 0 Å². The van der Waals surface area contributed by atoms with Gasteiger partial charge in [0.05, 0.1) is 11.6 Å². The lowest BCUT2D eigenvalue weighted by molar-refractivity contribution is 0.412. The first kappa shape index (κ1) is 10.3. The maximum atomic E-state index is 5.48. The summed E-state index contributed by atoms with van der Waals surface area (Å²) in [6.45, 7) is 4.32. The fourth-order valence-electron chi connectivity index (χ4n) is 0.998. The summed E-state index contributed by atoms with van der Waals surface area (Å²) in [6, 6.07) is 5.80. The first-order valence-corrected chi connectivity index (χ1v) is 4.70. The van der Waals surface area contributed by atoms with Gasteiger partial charge in [0.2, 0.25) is 0 Å². The van der Waals surface area contributed by atoms with Crippen molar-refractivity contribution >= 4 is 21.5 Å². The summed E-state index contributed by atoms with van der Waals surface area (Å²) in [5.74, 6) is 0.798. The summed E-state index contributed by atoms with van der Waals surface area (Å²) in [6.07, 6.45) is 0. The minimum atomic E-state index is 0.463. The molecule has 3 heteroatoms. The molecule has 0 aromatic heterocycles. The molecule has 1 aromatic carbocycles. The van der Waals surface area contributed by atoms with Gasteiger partial charge in [-0.1, -0.05) is 12.6 Å². The highest BCUT2D eigenvalue weighted by molar-refractivity contribution is 9.10. The van der Waals surface area contributed by atoms with Crippen molar-refractivity contribution in [3.8, 4) is 5.75 Å². The lowest BCUT2D eigenvalue weighted by atomic mass is 10.1. The average Bonchev–Trinajstić information content (AvgIpc) is 2.17. The molecule has 0 amide bonds. The van der Waals surface area contributed by atoms with E-state index < -0.39 is 0 Å². The number of nitrogens with two attached hydrogens (primary N) is 1. The lowest BCUT2D eigenvalue weighted by Crippen LogP contribution is -2.01. The van der Waals surface area contributed by atoms with Crippen LogP contribution in [0, 0.1) is 0 Å². The van der Waals surface area contributed by atoms with Crippen LogP contribution in [0.5, 0.6) is 5.75 Å². The second-order valence-corrected chi connectivity index (χ2v) is 3.51. The third-order valence-electron chi connectivity index (χ3n) is 1.81. The second kappa shape index (κ2) is 4.44. The Morgan fingerprint density at radius 1 is 1.62 bits per heavy atom. The molecular formula is C10H12BrNO. The third-order valence-corrected chi connectivity index (χ3v) is 2.46. The lowest BCUT2D eigenvalue weighted by Gasteiger charge is -2.07. The minimum Gasteiger partial charge on any atom is -0.496 e. The van der Waals surface area contributed by atoms with Gasteiger partial charge in [-0.3, -0.25) is 0 Å². The van der Waals surface area contributed by atoms with Crippen LogP contribution in [0.2, 0.25) is 0 Å². The van der Waals surface area contributed by atoms with Crippen LogP contribution in [0.25, 0.3) is 5.57 Å². The number of methoxy groups -OCH3 is 1. The summed E-state index contributed by atoms with van der Waals surface area (Å²) in [7, 11) is 1.63. The Morgan fingerprint density at radius 2 is 2.31 bits per heavy atom. The van der Waals surface area contributed by atoms with Crippen LogP contribution in [-0.4, -0.2) is 13.7 Å². The van der Waals surface area contributed by atoms with E-state index in [1.807, 2.05) is 18.2 Å². The molecule has 2 N–H and O–H groups in total. The fraction of sp³-hybridized carbons (Fsp3) is 0.200. The van der Waals surface area contributed by atoms with E-state index in [9.17, 15) is 0 Å². The van der Waals surface area contributed by atoms with Gasteiger partial charge < -0.3 is 10.5 Å². The van der Waals surface area contributed by atoms with Crippen molar-refractivity contribution in [2.24, 2.45) is 5.73 Å². The molecule has 0 fully saturated rings. The molecule has 2 nitrogen and oxygen atoms in total. The normalized spacial score (nSPS) is 9.77. The summed E-state index contributed by atoms with van der Waals surface area (Å²) in [4.78, 5) is 0. The molecule has 0 unspecified atom stereocenters. The van der Waals surface area contributed by atoms with E-state index in [4.69, 9.17) is 10.5 Å². The van der Waals surface area contributed by atoms with Crippen LogP contribution in [0.15, 0.2) is 29.3 Å². The zero-order valence-electron chi connectivity index (χ0n) is 7.51. The Labute approximate surface area is 86.5 Å². The smallest absolute Gasteiger partial charge is 0.133 e. The molecular weight excluding hydrogens is 230 g/mol. The molecule has 0 aliphatic heterocycles. The predicted molar refractivity (Wildman–Crippen MR) is 58.8 cm³/mol. The van der Waals surface area contributed by atoms with Gasteiger partial charge in [0, 0.05) is 6.54 Å². The van der Waals surface area contributed by atoms with E-state index in [2.05, 4.69) is 22.5 Å². The molecule has 0 spiro atoms. The highest BCUT2D eigenvalue weighted by Gasteiger charge is 2.02. The maximum Gasteiger partial charge on any atom is 0.133 e. The van der Waals surface area contributed by atoms with Crippen LogP contribution in [0.4, 0.5) is 0 Å². The topological polar surface area (TPSA) is 35.2 Å². The highest BCUT2D eigenvalue weighted by Crippen LogP contribution is 2.27. The van der Waals surface area contributed by atoms with Gasteiger partial charge in [-0.15, -0.1) is 0 Å². The van der Waals surface area contributed by atoms with E-state index in [-0.39, 0.29) is 0 Å². The van der Waals surface area contributed by atoms with Crippen molar-refractivity contribution in [1.29, 1.82) is 0 Å². The van der Waals surface area contributed by atoms with Crippen LogP contribution in [0.3, 0.4) is 0 Å². The molecule has 0 saturated carbocycles. The van der Waals surface area contributed by atoms with Crippen LogP contribution < -0.4 is 10.5 Å². The third kappa shape index (κ3) is 2.32. The monoisotopic (exact) mass is 241 g/mol. The Kier molecular flexibility index (Phi) is 3.51. The van der Waals surface area contributed by atoms with Crippen molar-refractivity contribution in [3.05, 3.63) is 34.8 Å². The SMILES string of the molecule is C=C(CN)c1ccc(Br)c(OC)c1. The van der Waals surface area contributed by atoms with Gasteiger partial charge in [0.1, 0.15) is 5.75 Å². The summed E-state index contributed by atoms with van der Waals surface area (Å²) >= 11 is 3.38. The maximum absolute atomic E-state index is 5.48. The fourth-order valence-corrected chi connectivity index (χ4v) is 1.41. The summed E-state index contributed by atoms with van der Waals surface area (Å²) < 4.78 is 6.09. The second-order valence-electron chi connectivity index (χ2n) is 2.66. The first-order valence-electron chi connectivity index (χ1n) is 3.90. The van der Waals surface area contributed by atoms with Crippen LogP contribution in [0.1, 0.15) is 5.56 Å². The molecule has 1 aromatic rings. The van der Waals surface area contributed by atoms with Crippen molar-refractivity contribution in [2.75, 3.05) is 13.7 Å². The molecule has 0 saturated heterocycles. The minimum absolute atomic E-state index is 0.463. The first-order chi connectivity index (χ1) is 6.19. The van der Waals surface area contributed by atoms with E-state index >= 15 is 0 Å². The molecule has 13 heavy (non-hydrogen) atoms. The Balaban J connectivity index is 3.06. The molecule has 0 aliphatic rings. The largest absolute Gasteiger partial charge is 0.496 e. The molecule has 0 bridgehead atoms. The average molecular weight is 242 g/mol. The van der Waals surface area contributed by atoms with E-state index in [0.717, 1.165) is 21.4 Å². The predicted octanol–water partition coefficient (Wildman–Crippen LogP) is 2.43. The number of benzene rings is 1. The molecule has 0 radical (unpaired) electrons. The summed E-state index contributed by atoms with van der Waals surface area (Å²) in [5, 5.41) is 0. The molecule has 0 atom stereocenters. The van der Waals surface area contributed by atoms with E-state index in [1.54, 1.807) is 7.11 Å². The quantitative estimate of drug-likeness (QED) is 0.883. The molecule has 70 valence electrons. The van der Waals surface area contributed by atoms with Gasteiger partial charge in [0.15, 0.2) is 0 Å². The van der Waals surface area contributed by atoms with Gasteiger partial charge >= 0.3 is 0 Å². The van der Waals surface area contributed by atoms with Crippen LogP contribution >= 0.6 is 15.9 Å². The number of halogens is 1. The van der Waals surface area contributed by atoms with Gasteiger partial charge in [-0.25, -0.2) is 0 Å². The van der Waals surface area contributed by atoms with Crippen LogP contribution in [-0.2, 0) is 0 Å². The molecule has 0 aliphatic carbocycles. The van der Waals surface area contributed by atoms with Gasteiger partial charge in [-0.05, 0) is 39.2 Å². The Bertz CT molecular complexity index is 323. The highest BCUT2D eigenvalue weighted by atomic mass is 79.9. The Morgan fingerprint density at radius 3 is 2.85 bits per heavy atom. The molecule has 1 rings (SSSR count). The van der Waals surface area contributed by atoms with Crippen molar-refractivity contribution in [2.45, 2.75) is 0 Å². The number of ether oxygens (including phenoxy) is 1. The zero-order chi connectivity index (χ0) is 9.84. The standard InChI is InChI=1S/C10H12BrNO/c1-7(6-12)8-3-4-9(11)10(5-8)13-2/h3-5H,1,6,12H2,2H3. The van der Waals surface area contributed by atoms with E-state index in [0.29, 0.717) is 6.54 Å². The molecule has 0 heterocycles. The number of hydrogen-bond acceptors (Lipinski definition) is 2. The number of hydrogen-bond donors (Lipinski definition) is 1. The van der Waals surface area contributed by atoms with Gasteiger partial charge in [-0.2, -0.15) is 0 Å².